The SMILES string of the molecule is Cc1ccc(NC(=O)CCCN)cc1NC(=O)/C=C/c1ccccc1. The number of carbonyl (C=O) groups is 2. The molecule has 0 saturated carbocycles. The van der Waals surface area contributed by atoms with Crippen LogP contribution in [0.25, 0.3) is 6.08 Å². The minimum Gasteiger partial charge on any atom is -0.330 e. The van der Waals surface area contributed by atoms with Crippen molar-refractivity contribution in [3.63, 3.8) is 0 Å². The summed E-state index contributed by atoms with van der Waals surface area (Å²) in [5.74, 6) is -0.311. The number of benzene rings is 2. The van der Waals surface area contributed by atoms with Gasteiger partial charge >= 0.3 is 0 Å². The van der Waals surface area contributed by atoms with Crippen molar-refractivity contribution in [1.29, 1.82) is 0 Å². The number of amides is 2. The molecule has 2 amide bonds. The van der Waals surface area contributed by atoms with Gasteiger partial charge in [-0.2, -0.15) is 0 Å². The molecule has 2 aromatic rings. The molecule has 0 saturated heterocycles. The lowest BCUT2D eigenvalue weighted by Gasteiger charge is -2.10. The van der Waals surface area contributed by atoms with Gasteiger partial charge in [-0.25, -0.2) is 0 Å². The zero-order chi connectivity index (χ0) is 18.1. The molecule has 0 aliphatic carbocycles. The topological polar surface area (TPSA) is 84.2 Å². The predicted molar refractivity (Wildman–Crippen MR) is 102 cm³/mol. The third-order valence-electron chi connectivity index (χ3n) is 3.61. The highest BCUT2D eigenvalue weighted by Gasteiger charge is 2.06. The number of hydrogen-bond acceptors (Lipinski definition) is 3. The Bertz CT molecular complexity index is 755. The second-order valence-electron chi connectivity index (χ2n) is 5.70. The molecule has 0 heterocycles. The minimum atomic E-state index is -0.224. The molecular formula is C20H23N3O2. The van der Waals surface area contributed by atoms with Crippen molar-refractivity contribution in [2.75, 3.05) is 17.2 Å². The first-order chi connectivity index (χ1) is 12.1. The van der Waals surface area contributed by atoms with E-state index >= 15 is 0 Å². The Kier molecular flexibility index (Phi) is 6.92. The lowest BCUT2D eigenvalue weighted by molar-refractivity contribution is -0.116. The van der Waals surface area contributed by atoms with E-state index in [9.17, 15) is 9.59 Å². The summed E-state index contributed by atoms with van der Waals surface area (Å²) in [7, 11) is 0. The Labute approximate surface area is 147 Å². The molecule has 0 bridgehead atoms. The van der Waals surface area contributed by atoms with Crippen LogP contribution in [-0.2, 0) is 9.59 Å². The van der Waals surface area contributed by atoms with Crippen LogP contribution in [0.2, 0.25) is 0 Å². The third-order valence-corrected chi connectivity index (χ3v) is 3.61. The number of anilines is 2. The molecule has 0 unspecified atom stereocenters. The first kappa shape index (κ1) is 18.4. The van der Waals surface area contributed by atoms with Gasteiger partial charge in [-0.1, -0.05) is 36.4 Å². The van der Waals surface area contributed by atoms with E-state index in [1.807, 2.05) is 49.4 Å². The van der Waals surface area contributed by atoms with E-state index < -0.39 is 0 Å². The van der Waals surface area contributed by atoms with Crippen molar-refractivity contribution in [2.45, 2.75) is 19.8 Å². The maximum Gasteiger partial charge on any atom is 0.248 e. The lowest BCUT2D eigenvalue weighted by atomic mass is 10.1. The van der Waals surface area contributed by atoms with Crippen LogP contribution >= 0.6 is 0 Å². The van der Waals surface area contributed by atoms with Crippen molar-refractivity contribution in [3.05, 3.63) is 65.7 Å². The second kappa shape index (κ2) is 9.39. The maximum atomic E-state index is 12.1. The first-order valence-corrected chi connectivity index (χ1v) is 8.23. The van der Waals surface area contributed by atoms with Crippen molar-refractivity contribution in [1.82, 2.24) is 0 Å². The summed E-state index contributed by atoms with van der Waals surface area (Å²) < 4.78 is 0. The third kappa shape index (κ3) is 6.24. The van der Waals surface area contributed by atoms with E-state index in [-0.39, 0.29) is 11.8 Å². The number of nitrogens with two attached hydrogens (primary N) is 1. The molecule has 0 aliphatic heterocycles. The molecule has 0 aliphatic rings. The number of carbonyl (C=O) groups excluding carboxylic acids is 2. The number of hydrogen-bond donors (Lipinski definition) is 3. The van der Waals surface area contributed by atoms with Crippen LogP contribution < -0.4 is 16.4 Å². The van der Waals surface area contributed by atoms with Crippen LogP contribution in [0, 0.1) is 6.92 Å². The summed E-state index contributed by atoms with van der Waals surface area (Å²) in [6.45, 7) is 2.38. The van der Waals surface area contributed by atoms with E-state index in [1.54, 1.807) is 12.1 Å². The second-order valence-corrected chi connectivity index (χ2v) is 5.70. The van der Waals surface area contributed by atoms with E-state index in [2.05, 4.69) is 10.6 Å². The first-order valence-electron chi connectivity index (χ1n) is 8.23. The molecule has 4 N–H and O–H groups in total. The molecule has 0 spiro atoms. The van der Waals surface area contributed by atoms with Gasteiger partial charge in [0.05, 0.1) is 0 Å². The fourth-order valence-electron chi connectivity index (χ4n) is 2.23. The molecule has 0 aromatic heterocycles. The average molecular weight is 337 g/mol. The smallest absolute Gasteiger partial charge is 0.248 e. The van der Waals surface area contributed by atoms with Crippen LogP contribution in [-0.4, -0.2) is 18.4 Å². The van der Waals surface area contributed by atoms with Gasteiger partial charge in [-0.3, -0.25) is 9.59 Å². The summed E-state index contributed by atoms with van der Waals surface area (Å²) >= 11 is 0. The monoisotopic (exact) mass is 337 g/mol. The molecule has 130 valence electrons. The van der Waals surface area contributed by atoms with Gasteiger partial charge in [0.15, 0.2) is 0 Å². The Morgan fingerprint density at radius 2 is 1.84 bits per heavy atom. The van der Waals surface area contributed by atoms with Gasteiger partial charge in [0.1, 0.15) is 0 Å². The molecule has 2 aromatic carbocycles. The van der Waals surface area contributed by atoms with E-state index in [4.69, 9.17) is 5.73 Å². The Morgan fingerprint density at radius 3 is 2.56 bits per heavy atom. The summed E-state index contributed by atoms with van der Waals surface area (Å²) in [6, 6.07) is 15.0. The molecule has 5 nitrogen and oxygen atoms in total. The molecule has 25 heavy (non-hydrogen) atoms. The van der Waals surface area contributed by atoms with Gasteiger partial charge in [-0.05, 0) is 49.2 Å². The fraction of sp³-hybridized carbons (Fsp3) is 0.200. The quantitative estimate of drug-likeness (QED) is 0.678. The van der Waals surface area contributed by atoms with Crippen LogP contribution in [0.3, 0.4) is 0 Å². The summed E-state index contributed by atoms with van der Waals surface area (Å²) in [5.41, 5.74) is 8.59. The fourth-order valence-corrected chi connectivity index (χ4v) is 2.23. The molecular weight excluding hydrogens is 314 g/mol. The van der Waals surface area contributed by atoms with Crippen LogP contribution in [0.1, 0.15) is 24.0 Å². The standard InChI is InChI=1S/C20H23N3O2/c1-15-9-11-17(22-19(24)8-5-13-21)14-18(15)23-20(25)12-10-16-6-3-2-4-7-16/h2-4,6-7,9-12,14H,5,8,13,21H2,1H3,(H,22,24)(H,23,25)/b12-10+. The zero-order valence-electron chi connectivity index (χ0n) is 14.3. The normalized spacial score (nSPS) is 10.6. The van der Waals surface area contributed by atoms with Crippen LogP contribution in [0.15, 0.2) is 54.6 Å². The lowest BCUT2D eigenvalue weighted by Crippen LogP contribution is -2.14. The average Bonchev–Trinajstić information content (AvgIpc) is 2.62. The molecule has 2 rings (SSSR count). The van der Waals surface area contributed by atoms with Gasteiger partial charge < -0.3 is 16.4 Å². The van der Waals surface area contributed by atoms with Crippen LogP contribution in [0.5, 0.6) is 0 Å². The van der Waals surface area contributed by atoms with Crippen LogP contribution in [0.4, 0.5) is 11.4 Å². The Balaban J connectivity index is 2.01. The summed E-state index contributed by atoms with van der Waals surface area (Å²) in [6.07, 6.45) is 4.27. The molecule has 0 radical (unpaired) electrons. The van der Waals surface area contributed by atoms with Gasteiger partial charge in [0.25, 0.3) is 0 Å². The number of aryl methyl sites for hydroxylation is 1. The molecule has 0 fully saturated rings. The maximum absolute atomic E-state index is 12.1. The zero-order valence-corrected chi connectivity index (χ0v) is 14.3. The highest BCUT2D eigenvalue weighted by atomic mass is 16.2. The number of nitrogens with one attached hydrogen (secondary N) is 2. The Morgan fingerprint density at radius 1 is 1.08 bits per heavy atom. The van der Waals surface area contributed by atoms with Crippen molar-refractivity contribution in [3.8, 4) is 0 Å². The van der Waals surface area contributed by atoms with E-state index in [0.29, 0.717) is 30.8 Å². The summed E-state index contributed by atoms with van der Waals surface area (Å²) in [4.78, 5) is 23.9. The van der Waals surface area contributed by atoms with E-state index in [0.717, 1.165) is 11.1 Å². The van der Waals surface area contributed by atoms with Gasteiger partial charge in [-0.15, -0.1) is 0 Å². The largest absolute Gasteiger partial charge is 0.330 e. The highest BCUT2D eigenvalue weighted by molar-refractivity contribution is 6.03. The van der Waals surface area contributed by atoms with Crippen molar-refractivity contribution < 1.29 is 9.59 Å². The summed E-state index contributed by atoms with van der Waals surface area (Å²) in [5, 5.41) is 5.65. The number of rotatable bonds is 7. The predicted octanol–water partition coefficient (Wildman–Crippen LogP) is 3.32. The molecule has 5 heteroatoms. The van der Waals surface area contributed by atoms with Crippen molar-refractivity contribution in [2.24, 2.45) is 5.73 Å². The van der Waals surface area contributed by atoms with Crippen molar-refractivity contribution >= 4 is 29.3 Å². The highest BCUT2D eigenvalue weighted by Crippen LogP contribution is 2.20. The van der Waals surface area contributed by atoms with Gasteiger partial charge in [0.2, 0.25) is 11.8 Å². The molecule has 0 atom stereocenters. The minimum absolute atomic E-state index is 0.0875. The Hall–Kier alpha value is -2.92. The van der Waals surface area contributed by atoms with E-state index in [1.165, 1.54) is 6.08 Å². The van der Waals surface area contributed by atoms with Gasteiger partial charge in [0, 0.05) is 23.9 Å².